The van der Waals surface area contributed by atoms with Gasteiger partial charge in [-0.2, -0.15) is 0 Å². The van der Waals surface area contributed by atoms with Gasteiger partial charge in [0.15, 0.2) is 17.5 Å². The number of hydrogen-bond acceptors (Lipinski definition) is 3. The summed E-state index contributed by atoms with van der Waals surface area (Å²) >= 11 is 0. The maximum absolute atomic E-state index is 13.7. The van der Waals surface area contributed by atoms with Crippen LogP contribution in [0.15, 0.2) is 12.1 Å². The molecule has 2 fully saturated rings. The highest BCUT2D eigenvalue weighted by molar-refractivity contribution is 5.23. The zero-order valence-electron chi connectivity index (χ0n) is 10.8. The number of fused-ring (bicyclic) bond motifs is 2. The van der Waals surface area contributed by atoms with Crippen molar-refractivity contribution in [1.29, 1.82) is 0 Å². The van der Waals surface area contributed by atoms with Gasteiger partial charge in [0.05, 0.1) is 18.8 Å². The third-order valence-electron chi connectivity index (χ3n) is 4.00. The Morgan fingerprint density at radius 1 is 1.15 bits per heavy atom. The first-order valence-corrected chi connectivity index (χ1v) is 6.65. The van der Waals surface area contributed by atoms with Crippen LogP contribution in [0, 0.1) is 17.5 Å². The molecule has 0 spiro atoms. The first kappa shape index (κ1) is 13.9. The third-order valence-corrected chi connectivity index (χ3v) is 4.00. The second kappa shape index (κ2) is 5.02. The van der Waals surface area contributed by atoms with E-state index >= 15 is 0 Å². The number of piperidine rings is 1. The van der Waals surface area contributed by atoms with Crippen molar-refractivity contribution in [2.45, 2.75) is 36.9 Å². The molecule has 110 valence electrons. The number of rotatable bonds is 2. The van der Waals surface area contributed by atoms with Crippen LogP contribution in [0.5, 0.6) is 0 Å². The van der Waals surface area contributed by atoms with Crippen molar-refractivity contribution < 1.29 is 23.0 Å². The summed E-state index contributed by atoms with van der Waals surface area (Å²) in [7, 11) is 0. The molecule has 2 aliphatic heterocycles. The fourth-order valence-corrected chi connectivity index (χ4v) is 3.22. The Bertz CT molecular complexity index is 511. The topological polar surface area (TPSA) is 41.5 Å². The van der Waals surface area contributed by atoms with Crippen molar-refractivity contribution in [2.75, 3.05) is 13.2 Å². The van der Waals surface area contributed by atoms with Gasteiger partial charge >= 0.3 is 0 Å². The third kappa shape index (κ3) is 2.55. The second-order valence-electron chi connectivity index (χ2n) is 5.74. The van der Waals surface area contributed by atoms with Crippen LogP contribution in [0.4, 0.5) is 13.2 Å². The van der Waals surface area contributed by atoms with E-state index in [4.69, 9.17) is 4.74 Å². The molecule has 2 bridgehead atoms. The molecule has 0 aromatic heterocycles. The van der Waals surface area contributed by atoms with Gasteiger partial charge in [-0.3, -0.25) is 0 Å². The molecular formula is C14H16F3NO2. The summed E-state index contributed by atoms with van der Waals surface area (Å²) in [6, 6.07) is 2.11. The number of nitrogens with one attached hydrogen (secondary N) is 1. The lowest BCUT2D eigenvalue weighted by atomic mass is 9.79. The van der Waals surface area contributed by atoms with E-state index in [-0.39, 0.29) is 24.1 Å². The Hall–Kier alpha value is -1.11. The van der Waals surface area contributed by atoms with Gasteiger partial charge in [-0.1, -0.05) is 6.07 Å². The van der Waals surface area contributed by atoms with Crippen molar-refractivity contribution >= 4 is 0 Å². The summed E-state index contributed by atoms with van der Waals surface area (Å²) in [4.78, 5) is 0. The zero-order valence-corrected chi connectivity index (χ0v) is 10.8. The second-order valence-corrected chi connectivity index (χ2v) is 5.74. The van der Waals surface area contributed by atoms with Gasteiger partial charge < -0.3 is 15.2 Å². The molecule has 2 atom stereocenters. The van der Waals surface area contributed by atoms with Gasteiger partial charge in [0, 0.05) is 18.5 Å². The molecule has 0 saturated carbocycles. The molecule has 2 saturated heterocycles. The van der Waals surface area contributed by atoms with Crippen LogP contribution in [0.25, 0.3) is 0 Å². The lowest BCUT2D eigenvalue weighted by Crippen LogP contribution is -2.60. The molecule has 0 amide bonds. The molecule has 6 heteroatoms. The van der Waals surface area contributed by atoms with Gasteiger partial charge in [-0.15, -0.1) is 0 Å². The quantitative estimate of drug-likeness (QED) is 0.811. The van der Waals surface area contributed by atoms with Gasteiger partial charge in [0.25, 0.3) is 0 Å². The highest BCUT2D eigenvalue weighted by atomic mass is 19.2. The van der Waals surface area contributed by atoms with E-state index in [1.807, 2.05) is 0 Å². The summed E-state index contributed by atoms with van der Waals surface area (Å²) < 4.78 is 45.2. The predicted molar refractivity (Wildman–Crippen MR) is 65.7 cm³/mol. The van der Waals surface area contributed by atoms with Crippen molar-refractivity contribution in [3.8, 4) is 0 Å². The Morgan fingerprint density at radius 2 is 1.80 bits per heavy atom. The molecule has 2 heterocycles. The van der Waals surface area contributed by atoms with E-state index in [0.717, 1.165) is 6.07 Å². The van der Waals surface area contributed by atoms with Crippen molar-refractivity contribution in [1.82, 2.24) is 5.32 Å². The van der Waals surface area contributed by atoms with Crippen LogP contribution in [0.1, 0.15) is 18.4 Å². The Labute approximate surface area is 114 Å². The smallest absolute Gasteiger partial charge is 0.194 e. The van der Waals surface area contributed by atoms with Crippen LogP contribution in [-0.2, 0) is 11.2 Å². The van der Waals surface area contributed by atoms with Gasteiger partial charge in [0.1, 0.15) is 0 Å². The van der Waals surface area contributed by atoms with Crippen molar-refractivity contribution in [3.05, 3.63) is 35.1 Å². The molecule has 3 rings (SSSR count). The molecule has 2 aliphatic rings. The van der Waals surface area contributed by atoms with Crippen LogP contribution < -0.4 is 5.32 Å². The Morgan fingerprint density at radius 3 is 2.45 bits per heavy atom. The minimum Gasteiger partial charge on any atom is -0.389 e. The maximum atomic E-state index is 13.7. The number of morpholine rings is 1. The van der Waals surface area contributed by atoms with Gasteiger partial charge in [-0.25, -0.2) is 13.2 Å². The molecule has 0 radical (unpaired) electrons. The van der Waals surface area contributed by atoms with Gasteiger partial charge in [0.2, 0.25) is 0 Å². The molecule has 0 aliphatic carbocycles. The van der Waals surface area contributed by atoms with Crippen LogP contribution in [0.2, 0.25) is 0 Å². The lowest BCUT2D eigenvalue weighted by molar-refractivity contribution is -0.0759. The Balaban J connectivity index is 1.81. The minimum atomic E-state index is -1.48. The van der Waals surface area contributed by atoms with E-state index in [0.29, 0.717) is 26.1 Å². The van der Waals surface area contributed by atoms with Crippen LogP contribution >= 0.6 is 0 Å². The van der Waals surface area contributed by atoms with E-state index in [9.17, 15) is 18.3 Å². The number of halogens is 3. The molecule has 1 aromatic rings. The highest BCUT2D eigenvalue weighted by Gasteiger charge is 2.41. The van der Waals surface area contributed by atoms with E-state index in [2.05, 4.69) is 5.32 Å². The largest absolute Gasteiger partial charge is 0.389 e. The first-order chi connectivity index (χ1) is 9.47. The number of hydrogen-bond donors (Lipinski definition) is 2. The average molecular weight is 287 g/mol. The van der Waals surface area contributed by atoms with E-state index in [1.165, 1.54) is 6.07 Å². The number of benzene rings is 1. The predicted octanol–water partition coefficient (Wildman–Crippen LogP) is 1.53. The molecule has 20 heavy (non-hydrogen) atoms. The first-order valence-electron chi connectivity index (χ1n) is 6.65. The van der Waals surface area contributed by atoms with E-state index in [1.54, 1.807) is 0 Å². The summed E-state index contributed by atoms with van der Waals surface area (Å²) in [5.41, 5.74) is -1.11. The fourth-order valence-electron chi connectivity index (χ4n) is 3.22. The SMILES string of the molecule is OC1(Cc2ccc(F)c(F)c2F)CC2COCC(C1)N2. The summed E-state index contributed by atoms with van der Waals surface area (Å²) in [6.07, 6.45) is 0.786. The molecule has 2 N–H and O–H groups in total. The minimum absolute atomic E-state index is 0.00675. The molecular weight excluding hydrogens is 271 g/mol. The fraction of sp³-hybridized carbons (Fsp3) is 0.571. The normalized spacial score (nSPS) is 33.2. The monoisotopic (exact) mass is 287 g/mol. The summed E-state index contributed by atoms with van der Waals surface area (Å²) in [5.74, 6) is -3.91. The van der Waals surface area contributed by atoms with E-state index < -0.39 is 23.1 Å². The van der Waals surface area contributed by atoms with Gasteiger partial charge in [-0.05, 0) is 24.5 Å². The van der Waals surface area contributed by atoms with Crippen molar-refractivity contribution in [3.63, 3.8) is 0 Å². The zero-order chi connectivity index (χ0) is 14.3. The average Bonchev–Trinajstić information content (AvgIpc) is 2.39. The lowest BCUT2D eigenvalue weighted by Gasteiger charge is -2.45. The number of ether oxygens (including phenoxy) is 1. The van der Waals surface area contributed by atoms with Crippen LogP contribution in [0.3, 0.4) is 0 Å². The Kier molecular flexibility index (Phi) is 3.48. The van der Waals surface area contributed by atoms with Crippen molar-refractivity contribution in [2.24, 2.45) is 0 Å². The molecule has 1 aromatic carbocycles. The summed E-state index contributed by atoms with van der Waals surface area (Å²) in [6.45, 7) is 0.998. The summed E-state index contributed by atoms with van der Waals surface area (Å²) in [5, 5.41) is 14.0. The standard InChI is InChI=1S/C14H16F3NO2/c15-11-2-1-8(12(16)13(11)17)3-14(19)4-9-6-20-7-10(5-14)18-9/h1-2,9-10,18-19H,3-7H2. The van der Waals surface area contributed by atoms with Crippen LogP contribution in [-0.4, -0.2) is 36.0 Å². The molecule has 2 unspecified atom stereocenters. The highest BCUT2D eigenvalue weighted by Crippen LogP contribution is 2.32. The maximum Gasteiger partial charge on any atom is 0.194 e. The number of aliphatic hydroxyl groups is 1. The molecule has 3 nitrogen and oxygen atoms in total.